The van der Waals surface area contributed by atoms with E-state index < -0.39 is 10.0 Å². The lowest BCUT2D eigenvalue weighted by molar-refractivity contribution is -0.124. The molecule has 2 saturated carbocycles. The van der Waals surface area contributed by atoms with Crippen LogP contribution in [0.15, 0.2) is 166 Å². The predicted octanol–water partition coefficient (Wildman–Crippen LogP) is 27.3. The number of nitrogens with one attached hydrogen (secondary N) is 1. The second kappa shape index (κ2) is 43.9. The smallest absolute Gasteiger partial charge is 0.409 e. The highest BCUT2D eigenvalue weighted by Gasteiger charge is 2.37. The molecule has 2 aliphatic carbocycles. The number of amides is 1. The van der Waals surface area contributed by atoms with E-state index in [1.165, 1.54) is 23.9 Å². The summed E-state index contributed by atoms with van der Waals surface area (Å²) in [4.78, 5) is 77.5. The van der Waals surface area contributed by atoms with Crippen LogP contribution in [0.4, 0.5) is 56.0 Å². The first kappa shape index (κ1) is 105. The molecule has 7 atom stereocenters. The minimum absolute atomic E-state index is 0.0238. The Kier molecular flexibility index (Phi) is 31.4. The Bertz CT molecular complexity index is 8100. The van der Waals surface area contributed by atoms with E-state index >= 15 is 0 Å². The molecule has 15 aromatic rings. The quantitative estimate of drug-likeness (QED) is 0.0561. The number of hydrazine groups is 1. The third-order valence-corrected chi connectivity index (χ3v) is 32.3. The van der Waals surface area contributed by atoms with Gasteiger partial charge in [0.2, 0.25) is 10.0 Å². The number of methoxy groups -OCH3 is 1. The lowest BCUT2D eigenvalue weighted by Gasteiger charge is -2.30. The maximum absolute atomic E-state index is 12.4. The Morgan fingerprint density at radius 1 is 0.411 bits per heavy atom. The summed E-state index contributed by atoms with van der Waals surface area (Å²) in [5.41, 5.74) is 52.1. The van der Waals surface area contributed by atoms with Gasteiger partial charge in [-0.2, -0.15) is 0 Å². The number of Topliss-reactive ketones (excluding diaryl/α,β-unsaturated/α-hetero) is 2. The molecule has 13 heterocycles. The van der Waals surface area contributed by atoms with Crippen molar-refractivity contribution in [2.45, 2.75) is 170 Å². The maximum atomic E-state index is 12.4. The van der Waals surface area contributed by atoms with Crippen molar-refractivity contribution in [1.29, 1.82) is 0 Å². The zero-order valence-electron chi connectivity index (χ0n) is 83.0. The minimum Gasteiger partial charge on any atom is -0.453 e. The van der Waals surface area contributed by atoms with Crippen LogP contribution >= 0.6 is 58.0 Å². The van der Waals surface area contributed by atoms with Gasteiger partial charge in [-0.05, 0) is 234 Å². The molecule has 5 aliphatic rings. The van der Waals surface area contributed by atoms with Gasteiger partial charge in [0, 0.05) is 239 Å². The summed E-state index contributed by atoms with van der Waals surface area (Å²) >= 11 is 32.6. The number of nitrogen functional groups attached to an aromatic ring is 4. The Hall–Kier alpha value is -14.3. The summed E-state index contributed by atoms with van der Waals surface area (Å²) in [6, 6.07) is 20.7. The summed E-state index contributed by atoms with van der Waals surface area (Å²) in [6.45, 7) is 62.6. The van der Waals surface area contributed by atoms with Crippen molar-refractivity contribution in [2.24, 2.45) is 11.8 Å². The highest BCUT2D eigenvalue weighted by molar-refractivity contribution is 7.88. The van der Waals surface area contributed by atoms with Crippen LogP contribution in [0.25, 0.3) is 134 Å². The number of hydrogen-bond donors (Lipinski definition) is 5. The van der Waals surface area contributed by atoms with Gasteiger partial charge in [0.25, 0.3) is 0 Å². The number of pyridine rings is 5. The third kappa shape index (κ3) is 21.1. The molecule has 748 valence electrons. The number of carbonyl (C=O) groups is 3. The molecule has 3 saturated heterocycles. The monoisotopic (exact) mass is 2070 g/mol. The SMILES string of the molecule is [C-]#[N+]c1cc2c(-c3cncc(C)c3Cl)cn(C3CCN(S(C)(=O)=O)C3)c2cc1C.[C-]#[N+]c1cc2c(-c3cncc(N)c3Cl)cn(C3CCCC(C(=O)CC)C3)c2cc1C.[C-]#[N+]c1cc2c(-c3cncc(N)c3Cl)cn(C3CCCC(C(C)=O)C3)c2cc1C.[C-]#[N+]c1cc2c(-c3cncc(N)c3Cl)cn(C3CCN(C(=O)OC)C3)c2cc1C.[C-]#[N+]c1cc2c(-c3cncc(N)c3Cl)cn([C@@H]3CCN(NC(=C)C)C3)c2cc1C. The number of ketones is 2. The fourth-order valence-electron chi connectivity index (χ4n) is 21.1. The molecule has 0 radical (unpaired) electrons. The number of carbonyl (C=O) groups excluding carboxylic acids is 3. The van der Waals surface area contributed by atoms with E-state index in [1.54, 1.807) is 67.6 Å². The number of nitrogens with zero attached hydrogens (tertiary/aromatic N) is 18. The van der Waals surface area contributed by atoms with Crippen LogP contribution in [0.3, 0.4) is 0 Å². The van der Waals surface area contributed by atoms with Gasteiger partial charge < -0.3 is 60.8 Å². The average Bonchev–Trinajstić information content (AvgIpc) is 1.56. The van der Waals surface area contributed by atoms with Crippen molar-refractivity contribution < 1.29 is 27.5 Å². The zero-order valence-corrected chi connectivity index (χ0v) is 87.6. The summed E-state index contributed by atoms with van der Waals surface area (Å²) in [5.74, 6) is 0.846. The Morgan fingerprint density at radius 3 is 1.04 bits per heavy atom. The van der Waals surface area contributed by atoms with E-state index in [-0.39, 0.29) is 47.9 Å². The van der Waals surface area contributed by atoms with E-state index in [0.717, 1.165) is 233 Å². The minimum atomic E-state index is -3.22. The Labute approximate surface area is 874 Å². The van der Waals surface area contributed by atoms with Gasteiger partial charge in [-0.25, -0.2) is 46.8 Å². The summed E-state index contributed by atoms with van der Waals surface area (Å²) < 4.78 is 41.5. The van der Waals surface area contributed by atoms with Crippen molar-refractivity contribution in [3.05, 3.63) is 281 Å². The number of fused-ring (bicyclic) bond motifs is 5. The molecular formula is C111H112Cl5N23O6S. The summed E-state index contributed by atoms with van der Waals surface area (Å²) in [7, 11) is -1.83. The van der Waals surface area contributed by atoms with Gasteiger partial charge in [-0.15, -0.1) is 0 Å². The average molecular weight is 2070 g/mol. The van der Waals surface area contributed by atoms with Crippen molar-refractivity contribution in [1.82, 2.24) is 67.4 Å². The van der Waals surface area contributed by atoms with Crippen LogP contribution in [-0.2, 0) is 24.3 Å². The highest BCUT2D eigenvalue weighted by Crippen LogP contribution is 2.51. The number of aromatic nitrogens is 10. The zero-order chi connectivity index (χ0) is 104. The molecule has 0 bridgehead atoms. The number of aryl methyl sites for hydroxylation is 6. The molecule has 0 spiro atoms. The number of anilines is 4. The molecule has 35 heteroatoms. The lowest BCUT2D eigenvalue weighted by atomic mass is 9.82. The topological polar surface area (TPSA) is 331 Å². The molecular weight excluding hydrogens is 1960 g/mol. The van der Waals surface area contributed by atoms with Crippen LogP contribution in [0, 0.1) is 86.2 Å². The van der Waals surface area contributed by atoms with Gasteiger partial charge in [0.05, 0.1) is 125 Å². The summed E-state index contributed by atoms with van der Waals surface area (Å²) in [5, 5.41) is 9.43. The van der Waals surface area contributed by atoms with Crippen molar-refractivity contribution >= 4 is 191 Å². The van der Waals surface area contributed by atoms with Crippen LogP contribution in [0.2, 0.25) is 25.1 Å². The van der Waals surface area contributed by atoms with Gasteiger partial charge in [-0.1, -0.05) is 84.3 Å². The molecule has 6 unspecified atom stereocenters. The highest BCUT2D eigenvalue weighted by atomic mass is 35.5. The van der Waals surface area contributed by atoms with Gasteiger partial charge in [-0.3, -0.25) is 34.5 Å². The van der Waals surface area contributed by atoms with E-state index in [2.05, 4.69) is 126 Å². The number of likely N-dealkylation sites (tertiary alicyclic amines) is 1. The van der Waals surface area contributed by atoms with Gasteiger partial charge in [0.1, 0.15) is 11.6 Å². The molecule has 3 aliphatic heterocycles. The molecule has 9 N–H and O–H groups in total. The van der Waals surface area contributed by atoms with Gasteiger partial charge >= 0.3 is 6.09 Å². The normalized spacial score (nSPS) is 17.8. The first-order chi connectivity index (χ1) is 69.9. The fraction of sp³-hybridized carbons (Fsp3) is 0.324. The van der Waals surface area contributed by atoms with Crippen molar-refractivity contribution in [3.63, 3.8) is 0 Å². The number of allylic oxidation sites excluding steroid dienone is 1. The molecule has 10 aromatic heterocycles. The molecule has 20 rings (SSSR count). The first-order valence-electron chi connectivity index (χ1n) is 48.2. The van der Waals surface area contributed by atoms with Crippen LogP contribution in [0.5, 0.6) is 0 Å². The molecule has 146 heavy (non-hydrogen) atoms. The predicted molar refractivity (Wildman–Crippen MR) is 587 cm³/mol. The van der Waals surface area contributed by atoms with E-state index in [1.807, 2.05) is 110 Å². The van der Waals surface area contributed by atoms with Gasteiger partial charge in [0.15, 0.2) is 28.4 Å². The number of halogens is 5. The Morgan fingerprint density at radius 2 is 0.719 bits per heavy atom. The maximum Gasteiger partial charge on any atom is 0.409 e. The lowest BCUT2D eigenvalue weighted by Crippen LogP contribution is -2.34. The number of rotatable bonds is 16. The van der Waals surface area contributed by atoms with Crippen LogP contribution in [0.1, 0.15) is 161 Å². The largest absolute Gasteiger partial charge is 0.453 e. The Balaban J connectivity index is 0.000000131. The number of benzene rings is 5. The van der Waals surface area contributed by atoms with Crippen molar-refractivity contribution in [3.8, 4) is 55.6 Å². The molecule has 29 nitrogen and oxygen atoms in total. The second-order valence-electron chi connectivity index (χ2n) is 38.4. The summed E-state index contributed by atoms with van der Waals surface area (Å²) in [6.07, 6.45) is 38.7. The number of ether oxygens (including phenoxy) is 1. The second-order valence-corrected chi connectivity index (χ2v) is 42.3. The molecule has 1 amide bonds. The number of hydrogen-bond acceptors (Lipinski definition) is 17. The fourth-order valence-corrected chi connectivity index (χ4v) is 23.0. The van der Waals surface area contributed by atoms with E-state index in [4.69, 9.17) is 119 Å². The van der Waals surface area contributed by atoms with Crippen molar-refractivity contribution in [2.75, 3.05) is 75.6 Å². The number of nitrogens with two attached hydrogens (primary N) is 4. The third-order valence-electron chi connectivity index (χ3n) is 28.8. The van der Waals surface area contributed by atoms with E-state index in [0.29, 0.717) is 121 Å². The molecule has 5 fully saturated rings. The van der Waals surface area contributed by atoms with Crippen LogP contribution < -0.4 is 28.4 Å². The first-order valence-corrected chi connectivity index (χ1v) is 51.9. The number of sulfonamides is 1. The van der Waals surface area contributed by atoms with Crippen LogP contribution in [-0.4, -0.2) is 141 Å². The van der Waals surface area contributed by atoms with E-state index in [9.17, 15) is 22.8 Å². The standard InChI is InChI=1S/C24H25ClN4O.C23H23ClN4O.C22H23ClN6.C21H20ClN5O2.C21H21ClN4O2S/c1-4-23(30)15-6-5-7-16(9-15)29-13-19(18-11-28-12-20(26)24(18)25)17-10-21(27-3)14(2)8-22(17)29;1-13-7-22-17(9-21(13)26-3)19(18-10-27-11-20(25)23(18)24)12-28(22)16-6-4-5-15(8-16)14(2)29;1-13(2)27-28-6-5-15(11-28)29-12-18(17-9-26-10-19(24)22(17)23)16-8-20(25-4)14(3)7-21(16)29;1-12-6-19-14(7-18(12)24-2)16(15-8-25-9-17(23)20(15)22)11-27(19)13-4-5-26(10-13)21(28)29-3;1-13-7-20-16(8-19(13)23-3)18(17-10-24-9-14(2)21(17)22)12-26(20)15-5-6-25(11-15)29(4,27)28/h8,10-13,15-16H,4-7,9,26H2,1-2H3;7,9-12,15-16H,4-6,8,25H2,1-2H3;7-10,12,15,27H,1,5-6,11,24H2,2-3H3;6-9,11,13H,4-5,10,23H2,1,3H3;7-10,12,15H,5-6,11H2,1-2,4H3/t;;15-;;/m..1../s1. The molecule has 5 aromatic carbocycles.